The highest BCUT2D eigenvalue weighted by Gasteiger charge is 2.13. The topological polar surface area (TPSA) is 90.9 Å². The number of benzene rings is 1. The fourth-order valence-electron chi connectivity index (χ4n) is 1.49. The normalized spacial score (nSPS) is 11.4. The van der Waals surface area contributed by atoms with Crippen LogP contribution in [0, 0.1) is 11.3 Å². The predicted molar refractivity (Wildman–Crippen MR) is 72.0 cm³/mol. The van der Waals surface area contributed by atoms with Crippen molar-refractivity contribution in [3.05, 3.63) is 23.8 Å². The first kappa shape index (κ1) is 13.8. The number of nitriles is 1. The molecular formula is C13H18N4O. The van der Waals surface area contributed by atoms with Crippen LogP contribution in [0.2, 0.25) is 0 Å². The van der Waals surface area contributed by atoms with Crippen LogP contribution in [0.25, 0.3) is 0 Å². The third kappa shape index (κ3) is 3.39. The van der Waals surface area contributed by atoms with E-state index in [1.807, 2.05) is 13.0 Å². The van der Waals surface area contributed by atoms with E-state index in [4.69, 9.17) is 11.0 Å². The highest BCUT2D eigenvalue weighted by molar-refractivity contribution is 5.86. The Morgan fingerprint density at radius 1 is 1.56 bits per heavy atom. The summed E-state index contributed by atoms with van der Waals surface area (Å²) < 4.78 is 0. The van der Waals surface area contributed by atoms with Gasteiger partial charge in [-0.1, -0.05) is 13.0 Å². The van der Waals surface area contributed by atoms with Gasteiger partial charge in [0.1, 0.15) is 12.1 Å². The van der Waals surface area contributed by atoms with Gasteiger partial charge in [0.05, 0.1) is 16.9 Å². The maximum atomic E-state index is 11.7. The van der Waals surface area contributed by atoms with E-state index in [0.29, 0.717) is 23.5 Å². The van der Waals surface area contributed by atoms with Gasteiger partial charge in [-0.15, -0.1) is 0 Å². The molecule has 0 fully saturated rings. The largest absolute Gasteiger partial charge is 0.396 e. The first-order valence-electron chi connectivity index (χ1n) is 5.93. The number of hydrogen-bond donors (Lipinski definition) is 3. The molecule has 4 N–H and O–H groups in total. The summed E-state index contributed by atoms with van der Waals surface area (Å²) in [6.45, 7) is 4.40. The van der Waals surface area contributed by atoms with Gasteiger partial charge in [-0.25, -0.2) is 0 Å². The summed E-state index contributed by atoms with van der Waals surface area (Å²) in [4.78, 5) is 11.7. The zero-order valence-electron chi connectivity index (χ0n) is 10.7. The second-order valence-electron chi connectivity index (χ2n) is 4.04. The predicted octanol–water partition coefficient (Wildman–Crippen LogP) is 1.47. The lowest BCUT2D eigenvalue weighted by Gasteiger charge is -2.16. The number of nitrogens with one attached hydrogen (secondary N) is 2. The van der Waals surface area contributed by atoms with Crippen molar-refractivity contribution in [2.75, 3.05) is 17.6 Å². The molecule has 0 heterocycles. The molecule has 1 rings (SSSR count). The van der Waals surface area contributed by atoms with Gasteiger partial charge in [-0.3, -0.25) is 4.79 Å². The number of nitrogen functional groups attached to an aromatic ring is 1. The lowest BCUT2D eigenvalue weighted by Crippen LogP contribution is -2.38. The van der Waals surface area contributed by atoms with Crippen molar-refractivity contribution < 1.29 is 4.79 Å². The molecule has 5 heteroatoms. The summed E-state index contributed by atoms with van der Waals surface area (Å²) >= 11 is 0. The number of nitrogens with two attached hydrogens (primary N) is 1. The summed E-state index contributed by atoms with van der Waals surface area (Å²) in [6.07, 6.45) is 0.893. The Bertz CT molecular complexity index is 465. The molecule has 0 saturated carbocycles. The average Bonchev–Trinajstić information content (AvgIpc) is 2.38. The molecule has 96 valence electrons. The molecule has 0 aliphatic rings. The maximum absolute atomic E-state index is 11.7. The smallest absolute Gasteiger partial charge is 0.242 e. The van der Waals surface area contributed by atoms with Crippen molar-refractivity contribution >= 4 is 17.3 Å². The SMILES string of the molecule is CCCNC(=O)C(C)Nc1cccc(C#N)c1N. The van der Waals surface area contributed by atoms with Crippen LogP contribution in [0.3, 0.4) is 0 Å². The lowest BCUT2D eigenvalue weighted by molar-refractivity contribution is -0.121. The van der Waals surface area contributed by atoms with Crippen molar-refractivity contribution in [3.8, 4) is 6.07 Å². The number of carbonyl (C=O) groups is 1. The molecule has 1 amide bonds. The molecule has 1 aromatic carbocycles. The number of carbonyl (C=O) groups excluding carboxylic acids is 1. The molecule has 0 aromatic heterocycles. The summed E-state index contributed by atoms with van der Waals surface area (Å²) in [7, 11) is 0. The van der Waals surface area contributed by atoms with Crippen LogP contribution >= 0.6 is 0 Å². The standard InChI is InChI=1S/C13H18N4O/c1-3-7-16-13(18)9(2)17-11-6-4-5-10(8-14)12(11)15/h4-6,9,17H,3,7,15H2,1-2H3,(H,16,18). The van der Waals surface area contributed by atoms with E-state index in [-0.39, 0.29) is 5.91 Å². The van der Waals surface area contributed by atoms with E-state index in [2.05, 4.69) is 10.6 Å². The molecule has 0 spiro atoms. The van der Waals surface area contributed by atoms with Gasteiger partial charge in [0.2, 0.25) is 5.91 Å². The van der Waals surface area contributed by atoms with Crippen LogP contribution in [0.4, 0.5) is 11.4 Å². The van der Waals surface area contributed by atoms with Gasteiger partial charge < -0.3 is 16.4 Å². The Morgan fingerprint density at radius 2 is 2.28 bits per heavy atom. The number of amides is 1. The molecule has 0 aliphatic heterocycles. The third-order valence-corrected chi connectivity index (χ3v) is 2.54. The average molecular weight is 246 g/mol. The molecule has 1 aromatic rings. The Balaban J connectivity index is 2.73. The quantitative estimate of drug-likeness (QED) is 0.686. The minimum absolute atomic E-state index is 0.0846. The Kier molecular flexibility index (Phi) is 5.00. The van der Waals surface area contributed by atoms with Gasteiger partial charge in [0.25, 0.3) is 0 Å². The Labute approximate surface area is 107 Å². The monoisotopic (exact) mass is 246 g/mol. The van der Waals surface area contributed by atoms with Crippen molar-refractivity contribution in [2.24, 2.45) is 0 Å². The molecule has 5 nitrogen and oxygen atoms in total. The maximum Gasteiger partial charge on any atom is 0.242 e. The van der Waals surface area contributed by atoms with E-state index in [1.165, 1.54) is 0 Å². The van der Waals surface area contributed by atoms with Crippen LogP contribution in [0.1, 0.15) is 25.8 Å². The Hall–Kier alpha value is -2.22. The molecule has 18 heavy (non-hydrogen) atoms. The van der Waals surface area contributed by atoms with E-state index in [1.54, 1.807) is 25.1 Å². The molecule has 0 bridgehead atoms. The Morgan fingerprint density at radius 3 is 2.89 bits per heavy atom. The zero-order valence-corrected chi connectivity index (χ0v) is 10.7. The number of rotatable bonds is 5. The van der Waals surface area contributed by atoms with Crippen molar-refractivity contribution in [3.63, 3.8) is 0 Å². The van der Waals surface area contributed by atoms with E-state index in [0.717, 1.165) is 6.42 Å². The summed E-state index contributed by atoms with van der Waals surface area (Å²) in [5.74, 6) is -0.0846. The zero-order chi connectivity index (χ0) is 13.5. The number of anilines is 2. The molecule has 1 atom stereocenters. The minimum atomic E-state index is -0.396. The van der Waals surface area contributed by atoms with Crippen LogP contribution in [-0.4, -0.2) is 18.5 Å². The van der Waals surface area contributed by atoms with Crippen LogP contribution in [0.5, 0.6) is 0 Å². The van der Waals surface area contributed by atoms with Crippen molar-refractivity contribution in [1.29, 1.82) is 5.26 Å². The van der Waals surface area contributed by atoms with Crippen LogP contribution in [0.15, 0.2) is 18.2 Å². The van der Waals surface area contributed by atoms with Gasteiger partial charge in [-0.05, 0) is 25.5 Å². The highest BCUT2D eigenvalue weighted by Crippen LogP contribution is 2.22. The second-order valence-corrected chi connectivity index (χ2v) is 4.04. The van der Waals surface area contributed by atoms with Crippen molar-refractivity contribution in [2.45, 2.75) is 26.3 Å². The molecule has 0 saturated heterocycles. The fourth-order valence-corrected chi connectivity index (χ4v) is 1.49. The van der Waals surface area contributed by atoms with Crippen LogP contribution in [-0.2, 0) is 4.79 Å². The third-order valence-electron chi connectivity index (χ3n) is 2.54. The summed E-state index contributed by atoms with van der Waals surface area (Å²) in [6, 6.07) is 6.73. The lowest BCUT2D eigenvalue weighted by atomic mass is 10.1. The fraction of sp³-hybridized carbons (Fsp3) is 0.385. The molecule has 0 radical (unpaired) electrons. The summed E-state index contributed by atoms with van der Waals surface area (Å²) in [5.41, 5.74) is 7.20. The van der Waals surface area contributed by atoms with Gasteiger partial charge in [0.15, 0.2) is 0 Å². The van der Waals surface area contributed by atoms with Gasteiger partial charge in [-0.2, -0.15) is 5.26 Å². The number of para-hydroxylation sites is 1. The molecule has 1 unspecified atom stereocenters. The van der Waals surface area contributed by atoms with Gasteiger partial charge in [0, 0.05) is 6.54 Å². The summed E-state index contributed by atoms with van der Waals surface area (Å²) in [5, 5.41) is 14.7. The minimum Gasteiger partial charge on any atom is -0.396 e. The molecule has 0 aliphatic carbocycles. The molecular weight excluding hydrogens is 228 g/mol. The first-order valence-corrected chi connectivity index (χ1v) is 5.93. The number of hydrogen-bond acceptors (Lipinski definition) is 4. The number of nitrogens with zero attached hydrogens (tertiary/aromatic N) is 1. The van der Waals surface area contributed by atoms with E-state index < -0.39 is 6.04 Å². The van der Waals surface area contributed by atoms with Crippen molar-refractivity contribution in [1.82, 2.24) is 5.32 Å². The highest BCUT2D eigenvalue weighted by atomic mass is 16.2. The van der Waals surface area contributed by atoms with E-state index in [9.17, 15) is 4.79 Å². The first-order chi connectivity index (χ1) is 8.60. The van der Waals surface area contributed by atoms with Crippen LogP contribution < -0.4 is 16.4 Å². The van der Waals surface area contributed by atoms with Gasteiger partial charge >= 0.3 is 0 Å². The second kappa shape index (κ2) is 6.50. The van der Waals surface area contributed by atoms with E-state index >= 15 is 0 Å².